The highest BCUT2D eigenvalue weighted by molar-refractivity contribution is 9.10. The maximum absolute atomic E-state index is 13.3. The van der Waals surface area contributed by atoms with Crippen molar-refractivity contribution < 1.29 is 12.8 Å². The maximum atomic E-state index is 13.3. The van der Waals surface area contributed by atoms with Crippen LogP contribution in [0.2, 0.25) is 0 Å². The molecule has 0 saturated heterocycles. The average Bonchev–Trinajstić information content (AvgIpc) is 2.32. The molecule has 0 radical (unpaired) electrons. The van der Waals surface area contributed by atoms with Gasteiger partial charge in [-0.05, 0) is 24.3 Å². The number of nitrogens with one attached hydrogen (secondary N) is 1. The number of hydrogen-bond acceptors (Lipinski definition) is 3. The van der Waals surface area contributed by atoms with Gasteiger partial charge in [0, 0.05) is 10.7 Å². The largest absolute Gasteiger partial charge is 0.277 e. The fourth-order valence-corrected chi connectivity index (χ4v) is 2.96. The number of sulfonamides is 1. The van der Waals surface area contributed by atoms with E-state index >= 15 is 0 Å². The molecule has 0 aliphatic carbocycles. The molecule has 0 bridgehead atoms. The molecule has 0 aliphatic heterocycles. The Labute approximate surface area is 112 Å². The van der Waals surface area contributed by atoms with E-state index in [2.05, 4.69) is 25.6 Å². The molecule has 0 unspecified atom stereocenters. The molecule has 0 aliphatic rings. The highest BCUT2D eigenvalue weighted by Crippen LogP contribution is 2.20. The number of hydrogen-bond donors (Lipinski definition) is 1. The van der Waals surface area contributed by atoms with E-state index in [0.29, 0.717) is 4.47 Å². The summed E-state index contributed by atoms with van der Waals surface area (Å²) in [6, 6.07) is 7.39. The van der Waals surface area contributed by atoms with Crippen LogP contribution in [0, 0.1) is 5.82 Å². The average molecular weight is 331 g/mol. The van der Waals surface area contributed by atoms with E-state index in [0.717, 1.165) is 6.20 Å². The lowest BCUT2D eigenvalue weighted by Gasteiger charge is -2.08. The molecule has 1 heterocycles. The van der Waals surface area contributed by atoms with Crippen LogP contribution in [0.1, 0.15) is 0 Å². The zero-order valence-electron chi connectivity index (χ0n) is 8.97. The quantitative estimate of drug-likeness (QED) is 0.941. The van der Waals surface area contributed by atoms with Crippen molar-refractivity contribution >= 4 is 31.6 Å². The van der Waals surface area contributed by atoms with Crippen LogP contribution in [-0.4, -0.2) is 13.4 Å². The summed E-state index contributed by atoms with van der Waals surface area (Å²) in [4.78, 5) is 3.59. The Morgan fingerprint density at radius 2 is 2.06 bits per heavy atom. The van der Waals surface area contributed by atoms with Crippen LogP contribution in [0.5, 0.6) is 0 Å². The Kier molecular flexibility index (Phi) is 3.63. The molecule has 1 aromatic heterocycles. The summed E-state index contributed by atoms with van der Waals surface area (Å²) in [5, 5.41) is 0. The second kappa shape index (κ2) is 5.03. The molecule has 2 rings (SSSR count). The Morgan fingerprint density at radius 1 is 1.28 bits per heavy atom. The van der Waals surface area contributed by atoms with Crippen molar-refractivity contribution in [3.05, 3.63) is 53.0 Å². The zero-order valence-corrected chi connectivity index (χ0v) is 11.4. The lowest BCUT2D eigenvalue weighted by molar-refractivity contribution is 0.598. The van der Waals surface area contributed by atoms with Crippen molar-refractivity contribution in [1.82, 2.24) is 4.98 Å². The van der Waals surface area contributed by atoms with Crippen LogP contribution in [-0.2, 0) is 10.0 Å². The third-order valence-corrected chi connectivity index (χ3v) is 3.98. The van der Waals surface area contributed by atoms with Gasteiger partial charge < -0.3 is 0 Å². The van der Waals surface area contributed by atoms with E-state index in [1.165, 1.54) is 24.4 Å². The zero-order chi connectivity index (χ0) is 13.2. The Morgan fingerprint density at radius 3 is 2.72 bits per heavy atom. The number of halogens is 2. The van der Waals surface area contributed by atoms with Crippen LogP contribution in [0.15, 0.2) is 52.1 Å². The van der Waals surface area contributed by atoms with Crippen LogP contribution in [0.4, 0.5) is 10.1 Å². The molecule has 0 saturated carbocycles. The first-order valence-electron chi connectivity index (χ1n) is 4.87. The molecule has 94 valence electrons. The first kappa shape index (κ1) is 13.0. The van der Waals surface area contributed by atoms with E-state index in [-0.39, 0.29) is 10.6 Å². The van der Waals surface area contributed by atoms with Gasteiger partial charge in [-0.15, -0.1) is 0 Å². The maximum Gasteiger partial charge on any atom is 0.262 e. The molecule has 0 fully saturated rings. The van der Waals surface area contributed by atoms with Crippen LogP contribution >= 0.6 is 15.9 Å². The number of aromatic nitrogens is 1. The number of rotatable bonds is 3. The molecule has 18 heavy (non-hydrogen) atoms. The van der Waals surface area contributed by atoms with Gasteiger partial charge in [-0.1, -0.05) is 22.0 Å². The van der Waals surface area contributed by atoms with Crippen molar-refractivity contribution in [3.8, 4) is 0 Å². The monoisotopic (exact) mass is 330 g/mol. The van der Waals surface area contributed by atoms with Gasteiger partial charge in [0.05, 0.1) is 16.8 Å². The molecule has 0 atom stereocenters. The summed E-state index contributed by atoms with van der Waals surface area (Å²) in [5.41, 5.74) is -0.134. The van der Waals surface area contributed by atoms with E-state index < -0.39 is 15.8 Å². The standard InChI is InChI=1S/C11H8BrFN2O2S/c12-8-2-1-3-9(6-8)18(16,17)15-11-4-5-14-7-10(11)13/h1-7H,(H,14,15). The lowest BCUT2D eigenvalue weighted by Crippen LogP contribution is -2.14. The summed E-state index contributed by atoms with van der Waals surface area (Å²) in [7, 11) is -3.81. The van der Waals surface area contributed by atoms with E-state index in [1.54, 1.807) is 12.1 Å². The minimum atomic E-state index is -3.81. The molecule has 1 aromatic carbocycles. The minimum absolute atomic E-state index is 0.0492. The van der Waals surface area contributed by atoms with Crippen molar-refractivity contribution in [2.24, 2.45) is 0 Å². The summed E-state index contributed by atoms with van der Waals surface area (Å²) in [5.74, 6) is -0.726. The second-order valence-electron chi connectivity index (χ2n) is 3.42. The third kappa shape index (κ3) is 2.85. The fraction of sp³-hybridized carbons (Fsp3) is 0. The highest BCUT2D eigenvalue weighted by atomic mass is 79.9. The molecular formula is C11H8BrFN2O2S. The summed E-state index contributed by atoms with van der Waals surface area (Å²) < 4.78 is 40.1. The van der Waals surface area contributed by atoms with Crippen molar-refractivity contribution in [1.29, 1.82) is 0 Å². The topological polar surface area (TPSA) is 59.1 Å². The van der Waals surface area contributed by atoms with Gasteiger partial charge in [-0.3, -0.25) is 9.71 Å². The first-order chi connectivity index (χ1) is 8.49. The van der Waals surface area contributed by atoms with Gasteiger partial charge in [-0.25, -0.2) is 12.8 Å². The predicted molar refractivity (Wildman–Crippen MR) is 69.1 cm³/mol. The van der Waals surface area contributed by atoms with Crippen molar-refractivity contribution in [2.75, 3.05) is 4.72 Å². The molecular weight excluding hydrogens is 323 g/mol. The summed E-state index contributed by atoms with van der Waals surface area (Å²) in [6.45, 7) is 0. The second-order valence-corrected chi connectivity index (χ2v) is 6.02. The lowest BCUT2D eigenvalue weighted by atomic mass is 10.4. The van der Waals surface area contributed by atoms with Gasteiger partial charge in [0.1, 0.15) is 0 Å². The summed E-state index contributed by atoms with van der Waals surface area (Å²) >= 11 is 3.18. The highest BCUT2D eigenvalue weighted by Gasteiger charge is 2.16. The minimum Gasteiger partial charge on any atom is -0.277 e. The number of nitrogens with zero attached hydrogens (tertiary/aromatic N) is 1. The molecule has 2 aromatic rings. The van der Waals surface area contributed by atoms with Gasteiger partial charge in [0.2, 0.25) is 0 Å². The smallest absolute Gasteiger partial charge is 0.262 e. The Bertz CT molecular complexity index is 676. The molecule has 0 amide bonds. The number of pyridine rings is 1. The van der Waals surface area contributed by atoms with Crippen LogP contribution in [0.25, 0.3) is 0 Å². The van der Waals surface area contributed by atoms with Crippen molar-refractivity contribution in [2.45, 2.75) is 4.90 Å². The van der Waals surface area contributed by atoms with E-state index in [4.69, 9.17) is 0 Å². The number of anilines is 1. The number of benzene rings is 1. The van der Waals surface area contributed by atoms with Crippen LogP contribution in [0.3, 0.4) is 0 Å². The van der Waals surface area contributed by atoms with Crippen LogP contribution < -0.4 is 4.72 Å². The van der Waals surface area contributed by atoms with Gasteiger partial charge in [0.15, 0.2) is 5.82 Å². The molecule has 0 spiro atoms. The Hall–Kier alpha value is -1.47. The van der Waals surface area contributed by atoms with Gasteiger partial charge >= 0.3 is 0 Å². The SMILES string of the molecule is O=S(=O)(Nc1ccncc1F)c1cccc(Br)c1. The third-order valence-electron chi connectivity index (χ3n) is 2.12. The van der Waals surface area contributed by atoms with E-state index in [1.807, 2.05) is 0 Å². The van der Waals surface area contributed by atoms with Gasteiger partial charge in [-0.2, -0.15) is 0 Å². The summed E-state index contributed by atoms with van der Waals surface area (Å²) in [6.07, 6.45) is 2.25. The first-order valence-corrected chi connectivity index (χ1v) is 7.14. The molecule has 1 N–H and O–H groups in total. The van der Waals surface area contributed by atoms with E-state index in [9.17, 15) is 12.8 Å². The predicted octanol–water partition coefficient (Wildman–Crippen LogP) is 2.78. The normalized spacial score (nSPS) is 11.2. The van der Waals surface area contributed by atoms with Gasteiger partial charge in [0.25, 0.3) is 10.0 Å². The fourth-order valence-electron chi connectivity index (χ4n) is 1.30. The molecule has 4 nitrogen and oxygen atoms in total. The molecule has 7 heteroatoms. The van der Waals surface area contributed by atoms with Crippen molar-refractivity contribution in [3.63, 3.8) is 0 Å². The Balaban J connectivity index is 2.37.